The Balaban J connectivity index is 1.33. The molecule has 3 saturated heterocycles. The maximum Gasteiger partial charge on any atom is 0.257 e. The van der Waals surface area contributed by atoms with Crippen LogP contribution in [0.2, 0.25) is 0 Å². The Hall–Kier alpha value is -2.42. The van der Waals surface area contributed by atoms with Crippen LogP contribution < -0.4 is 0 Å². The highest BCUT2D eigenvalue weighted by atomic mass is 16.5. The Morgan fingerprint density at radius 3 is 2.50 bits per heavy atom. The van der Waals surface area contributed by atoms with Crippen molar-refractivity contribution < 1.29 is 19.1 Å². The van der Waals surface area contributed by atoms with Gasteiger partial charge < -0.3 is 19.4 Å². The minimum absolute atomic E-state index is 0.0319. The van der Waals surface area contributed by atoms with E-state index in [1.54, 1.807) is 18.2 Å². The summed E-state index contributed by atoms with van der Waals surface area (Å²) in [6.45, 7) is 4.42. The highest BCUT2D eigenvalue weighted by Gasteiger charge is 2.38. The number of aromatic nitrogens is 2. The SMILES string of the molecule is COCCN1CC(C(=O)N2CCC(c3[nH]ncc3C(=O)N3CCCCCC3)CC2)CC1=O. The molecule has 0 aromatic carbocycles. The van der Waals surface area contributed by atoms with Gasteiger partial charge in [0, 0.05) is 58.7 Å². The number of aromatic amines is 1. The first-order valence-electron chi connectivity index (χ1n) is 12.0. The first kappa shape index (κ1) is 22.8. The molecule has 1 aromatic heterocycles. The van der Waals surface area contributed by atoms with E-state index in [0.29, 0.717) is 38.3 Å². The van der Waals surface area contributed by atoms with Gasteiger partial charge >= 0.3 is 0 Å². The third kappa shape index (κ3) is 4.98. The predicted octanol–water partition coefficient (Wildman–Crippen LogP) is 1.63. The highest BCUT2D eigenvalue weighted by Crippen LogP contribution is 2.31. The van der Waals surface area contributed by atoms with Crippen LogP contribution in [0.4, 0.5) is 0 Å². The van der Waals surface area contributed by atoms with Gasteiger partial charge in [0.05, 0.1) is 30.0 Å². The first-order chi connectivity index (χ1) is 15.6. The quantitative estimate of drug-likeness (QED) is 0.718. The number of hydrogen-bond acceptors (Lipinski definition) is 5. The summed E-state index contributed by atoms with van der Waals surface area (Å²) in [7, 11) is 1.61. The van der Waals surface area contributed by atoms with Crippen LogP contribution in [-0.4, -0.2) is 95.6 Å². The van der Waals surface area contributed by atoms with E-state index in [1.165, 1.54) is 12.8 Å². The summed E-state index contributed by atoms with van der Waals surface area (Å²) in [5.41, 5.74) is 1.60. The average molecular weight is 446 g/mol. The molecule has 4 rings (SSSR count). The summed E-state index contributed by atoms with van der Waals surface area (Å²) in [5.74, 6) is 0.112. The predicted molar refractivity (Wildman–Crippen MR) is 118 cm³/mol. The van der Waals surface area contributed by atoms with Gasteiger partial charge in [-0.2, -0.15) is 5.10 Å². The number of H-pyrrole nitrogens is 1. The number of nitrogens with one attached hydrogen (secondary N) is 1. The molecule has 0 saturated carbocycles. The van der Waals surface area contributed by atoms with Crippen molar-refractivity contribution in [1.82, 2.24) is 24.9 Å². The fourth-order valence-electron chi connectivity index (χ4n) is 5.22. The third-order valence-electron chi connectivity index (χ3n) is 7.14. The molecule has 3 fully saturated rings. The fourth-order valence-corrected chi connectivity index (χ4v) is 5.22. The number of methoxy groups -OCH3 is 1. The molecule has 176 valence electrons. The second-order valence-corrected chi connectivity index (χ2v) is 9.24. The topological polar surface area (TPSA) is 98.8 Å². The van der Waals surface area contributed by atoms with Crippen molar-refractivity contribution in [2.24, 2.45) is 5.92 Å². The van der Waals surface area contributed by atoms with Crippen LogP contribution >= 0.6 is 0 Å². The molecule has 0 bridgehead atoms. The molecule has 4 heterocycles. The van der Waals surface area contributed by atoms with Gasteiger partial charge in [0.25, 0.3) is 5.91 Å². The van der Waals surface area contributed by atoms with Crippen LogP contribution in [0.25, 0.3) is 0 Å². The number of rotatable bonds is 6. The molecule has 0 spiro atoms. The lowest BCUT2D eigenvalue weighted by atomic mass is 9.90. The van der Waals surface area contributed by atoms with Crippen molar-refractivity contribution in [1.29, 1.82) is 0 Å². The molecule has 1 N–H and O–H groups in total. The first-order valence-corrected chi connectivity index (χ1v) is 12.0. The Bertz CT molecular complexity index is 809. The molecule has 9 heteroatoms. The Morgan fingerprint density at radius 1 is 1.09 bits per heavy atom. The number of hydrogen-bond donors (Lipinski definition) is 1. The molecular formula is C23H35N5O4. The smallest absolute Gasteiger partial charge is 0.257 e. The number of carbonyl (C=O) groups excluding carboxylic acids is 3. The second kappa shape index (κ2) is 10.5. The lowest BCUT2D eigenvalue weighted by Gasteiger charge is -2.33. The summed E-state index contributed by atoms with van der Waals surface area (Å²) in [6, 6.07) is 0. The van der Waals surface area contributed by atoms with E-state index in [9.17, 15) is 14.4 Å². The number of piperidine rings is 1. The van der Waals surface area contributed by atoms with Crippen molar-refractivity contribution in [2.75, 3.05) is 53.0 Å². The number of carbonyl (C=O) groups is 3. The normalized spacial score (nSPS) is 23.0. The molecule has 0 aliphatic carbocycles. The van der Waals surface area contributed by atoms with Crippen molar-refractivity contribution in [2.45, 2.75) is 50.9 Å². The Kier molecular flexibility index (Phi) is 7.44. The van der Waals surface area contributed by atoms with Gasteiger partial charge in [-0.3, -0.25) is 19.5 Å². The van der Waals surface area contributed by atoms with Crippen molar-refractivity contribution in [3.05, 3.63) is 17.5 Å². The Morgan fingerprint density at radius 2 is 1.81 bits per heavy atom. The van der Waals surface area contributed by atoms with E-state index in [-0.39, 0.29) is 36.0 Å². The highest BCUT2D eigenvalue weighted by molar-refractivity contribution is 5.95. The summed E-state index contributed by atoms with van der Waals surface area (Å²) >= 11 is 0. The molecule has 9 nitrogen and oxygen atoms in total. The minimum Gasteiger partial charge on any atom is -0.383 e. The van der Waals surface area contributed by atoms with E-state index >= 15 is 0 Å². The maximum absolute atomic E-state index is 13.1. The molecule has 3 aliphatic heterocycles. The van der Waals surface area contributed by atoms with Crippen LogP contribution in [-0.2, 0) is 14.3 Å². The molecule has 1 unspecified atom stereocenters. The minimum atomic E-state index is -0.261. The monoisotopic (exact) mass is 445 g/mol. The van der Waals surface area contributed by atoms with Crippen LogP contribution in [0.15, 0.2) is 6.20 Å². The van der Waals surface area contributed by atoms with Gasteiger partial charge in [-0.1, -0.05) is 12.8 Å². The summed E-state index contributed by atoms with van der Waals surface area (Å²) in [5, 5.41) is 7.27. The van der Waals surface area contributed by atoms with Gasteiger partial charge in [0.1, 0.15) is 0 Å². The van der Waals surface area contributed by atoms with Gasteiger partial charge in [-0.05, 0) is 25.7 Å². The number of ether oxygens (including phenoxy) is 1. The van der Waals surface area contributed by atoms with E-state index in [2.05, 4.69) is 10.2 Å². The van der Waals surface area contributed by atoms with E-state index in [4.69, 9.17) is 4.74 Å². The lowest BCUT2D eigenvalue weighted by Crippen LogP contribution is -2.42. The van der Waals surface area contributed by atoms with Crippen LogP contribution in [0.3, 0.4) is 0 Å². The summed E-state index contributed by atoms with van der Waals surface area (Å²) in [6.07, 6.45) is 8.04. The van der Waals surface area contributed by atoms with Crippen LogP contribution in [0.1, 0.15) is 66.9 Å². The summed E-state index contributed by atoms with van der Waals surface area (Å²) in [4.78, 5) is 43.9. The van der Waals surface area contributed by atoms with Gasteiger partial charge in [-0.15, -0.1) is 0 Å². The number of nitrogens with zero attached hydrogens (tertiary/aromatic N) is 4. The molecular weight excluding hydrogens is 410 g/mol. The van der Waals surface area contributed by atoms with Crippen LogP contribution in [0.5, 0.6) is 0 Å². The lowest BCUT2D eigenvalue weighted by molar-refractivity contribution is -0.136. The Labute approximate surface area is 189 Å². The third-order valence-corrected chi connectivity index (χ3v) is 7.14. The van der Waals surface area contributed by atoms with Crippen molar-refractivity contribution >= 4 is 17.7 Å². The average Bonchev–Trinajstić information content (AvgIpc) is 3.35. The summed E-state index contributed by atoms with van der Waals surface area (Å²) < 4.78 is 5.06. The molecule has 3 amide bonds. The van der Waals surface area contributed by atoms with E-state index < -0.39 is 0 Å². The molecule has 1 atom stereocenters. The van der Waals surface area contributed by atoms with Crippen molar-refractivity contribution in [3.8, 4) is 0 Å². The van der Waals surface area contributed by atoms with Gasteiger partial charge in [0.2, 0.25) is 11.8 Å². The number of amides is 3. The molecule has 32 heavy (non-hydrogen) atoms. The fraction of sp³-hybridized carbons (Fsp3) is 0.739. The van der Waals surface area contributed by atoms with Gasteiger partial charge in [0.15, 0.2) is 0 Å². The zero-order valence-electron chi connectivity index (χ0n) is 19.1. The standard InChI is InChI=1S/C23H35N5O4/c1-32-13-12-28-16-18(14-20(28)29)22(30)27-10-6-17(7-11-27)21-19(15-24-25-21)23(31)26-8-4-2-3-5-9-26/h15,17-18H,2-14,16H2,1H3,(H,24,25). The molecule has 1 aromatic rings. The van der Waals surface area contributed by atoms with Gasteiger partial charge in [-0.25, -0.2) is 0 Å². The largest absolute Gasteiger partial charge is 0.383 e. The van der Waals surface area contributed by atoms with E-state index in [0.717, 1.165) is 44.5 Å². The zero-order valence-corrected chi connectivity index (χ0v) is 19.1. The van der Waals surface area contributed by atoms with Crippen LogP contribution in [0, 0.1) is 5.92 Å². The zero-order chi connectivity index (χ0) is 22.5. The second-order valence-electron chi connectivity index (χ2n) is 9.24. The maximum atomic E-state index is 13.1. The van der Waals surface area contributed by atoms with E-state index in [1.807, 2.05) is 9.80 Å². The van der Waals surface area contributed by atoms with Crippen molar-refractivity contribution in [3.63, 3.8) is 0 Å². The molecule has 0 radical (unpaired) electrons. The molecule has 3 aliphatic rings. The number of likely N-dealkylation sites (tertiary alicyclic amines) is 3.